The van der Waals surface area contributed by atoms with Crippen molar-refractivity contribution < 1.29 is 9.53 Å². The fourth-order valence-corrected chi connectivity index (χ4v) is 3.31. The van der Waals surface area contributed by atoms with Crippen LogP contribution in [0.1, 0.15) is 37.8 Å². The Bertz CT molecular complexity index is 500. The van der Waals surface area contributed by atoms with E-state index in [1.54, 1.807) is 6.07 Å². The van der Waals surface area contributed by atoms with Gasteiger partial charge in [-0.05, 0) is 37.8 Å². The lowest BCUT2D eigenvalue weighted by atomic mass is 9.92. The third-order valence-electron chi connectivity index (χ3n) is 4.30. The highest BCUT2D eigenvalue weighted by Gasteiger charge is 2.38. The maximum atomic E-state index is 12.3. The summed E-state index contributed by atoms with van der Waals surface area (Å²) in [5.74, 6) is 0.194. The second-order valence-corrected chi connectivity index (χ2v) is 6.04. The van der Waals surface area contributed by atoms with Gasteiger partial charge < -0.3 is 9.64 Å². The van der Waals surface area contributed by atoms with Gasteiger partial charge in [0.2, 0.25) is 5.91 Å². The molecular weight excluding hydrogens is 276 g/mol. The molecule has 1 spiro atoms. The average molecular weight is 295 g/mol. The molecule has 108 valence electrons. The molecule has 2 aliphatic rings. The normalized spacial score (nSPS) is 27.1. The maximum Gasteiger partial charge on any atom is 0.223 e. The van der Waals surface area contributed by atoms with Crippen LogP contribution in [0, 0.1) is 0 Å². The van der Waals surface area contributed by atoms with Gasteiger partial charge in [0.15, 0.2) is 0 Å². The Kier molecular flexibility index (Phi) is 3.94. The zero-order chi connectivity index (χ0) is 14.0. The number of pyridine rings is 1. The van der Waals surface area contributed by atoms with Crippen LogP contribution in [-0.2, 0) is 16.1 Å². The third kappa shape index (κ3) is 2.96. The molecule has 20 heavy (non-hydrogen) atoms. The molecular formula is C15H19ClN2O2. The van der Waals surface area contributed by atoms with Gasteiger partial charge in [0.25, 0.3) is 0 Å². The Hall–Kier alpha value is -1.13. The predicted octanol–water partition coefficient (Wildman–Crippen LogP) is 2.80. The molecule has 0 bridgehead atoms. The molecule has 1 aromatic rings. The van der Waals surface area contributed by atoms with Gasteiger partial charge in [-0.15, -0.1) is 0 Å². The van der Waals surface area contributed by atoms with E-state index in [4.69, 9.17) is 16.3 Å². The monoisotopic (exact) mass is 294 g/mol. The molecule has 2 fully saturated rings. The number of ether oxygens (including phenoxy) is 1. The van der Waals surface area contributed by atoms with Gasteiger partial charge in [-0.2, -0.15) is 0 Å². The summed E-state index contributed by atoms with van der Waals surface area (Å²) in [5.41, 5.74) is 0.792. The van der Waals surface area contributed by atoms with Crippen LogP contribution in [0.2, 0.25) is 5.15 Å². The first-order valence-electron chi connectivity index (χ1n) is 7.20. The summed E-state index contributed by atoms with van der Waals surface area (Å²) in [4.78, 5) is 18.4. The summed E-state index contributed by atoms with van der Waals surface area (Å²) in [7, 11) is 0. The van der Waals surface area contributed by atoms with Crippen LogP contribution in [0.15, 0.2) is 18.2 Å². The quantitative estimate of drug-likeness (QED) is 0.788. The number of halogens is 1. The molecule has 1 amide bonds. The van der Waals surface area contributed by atoms with Crippen LogP contribution in [0.25, 0.3) is 0 Å². The number of nitrogens with zero attached hydrogens (tertiary/aromatic N) is 2. The first-order chi connectivity index (χ1) is 9.67. The lowest BCUT2D eigenvalue weighted by molar-refractivity contribution is -0.131. The van der Waals surface area contributed by atoms with Gasteiger partial charge in [0.05, 0.1) is 17.8 Å². The van der Waals surface area contributed by atoms with Crippen LogP contribution in [0.4, 0.5) is 0 Å². The highest BCUT2D eigenvalue weighted by molar-refractivity contribution is 6.29. The van der Waals surface area contributed by atoms with Crippen LogP contribution < -0.4 is 0 Å². The van der Waals surface area contributed by atoms with E-state index in [1.807, 2.05) is 17.0 Å². The Morgan fingerprint density at radius 3 is 3.00 bits per heavy atom. The van der Waals surface area contributed by atoms with E-state index in [2.05, 4.69) is 4.98 Å². The van der Waals surface area contributed by atoms with E-state index in [-0.39, 0.29) is 11.5 Å². The lowest BCUT2D eigenvalue weighted by Crippen LogP contribution is -2.32. The predicted molar refractivity (Wildman–Crippen MR) is 76.4 cm³/mol. The molecule has 1 atom stereocenters. The zero-order valence-electron chi connectivity index (χ0n) is 11.5. The van der Waals surface area contributed by atoms with Crippen molar-refractivity contribution in [2.75, 3.05) is 13.2 Å². The third-order valence-corrected chi connectivity index (χ3v) is 4.51. The fraction of sp³-hybridized carbons (Fsp3) is 0.600. The molecule has 0 radical (unpaired) electrons. The van der Waals surface area contributed by atoms with Gasteiger partial charge in [-0.25, -0.2) is 4.98 Å². The second kappa shape index (κ2) is 5.70. The van der Waals surface area contributed by atoms with Crippen molar-refractivity contribution in [2.45, 2.75) is 44.2 Å². The molecule has 0 N–H and O–H groups in total. The van der Waals surface area contributed by atoms with Crippen molar-refractivity contribution in [3.63, 3.8) is 0 Å². The SMILES string of the molecule is O=C1CCC2(CCCO2)CCN1Cc1cccc(Cl)n1. The summed E-state index contributed by atoms with van der Waals surface area (Å²) >= 11 is 5.90. The Morgan fingerprint density at radius 2 is 2.25 bits per heavy atom. The Labute approximate surface area is 124 Å². The summed E-state index contributed by atoms with van der Waals surface area (Å²) in [6.07, 6.45) is 4.55. The van der Waals surface area contributed by atoms with Crippen molar-refractivity contribution in [1.82, 2.24) is 9.88 Å². The molecule has 2 saturated heterocycles. The van der Waals surface area contributed by atoms with Crippen LogP contribution in [0.5, 0.6) is 0 Å². The minimum Gasteiger partial charge on any atom is -0.375 e. The highest BCUT2D eigenvalue weighted by atomic mass is 35.5. The van der Waals surface area contributed by atoms with E-state index in [0.29, 0.717) is 18.1 Å². The van der Waals surface area contributed by atoms with E-state index in [0.717, 1.165) is 44.5 Å². The minimum atomic E-state index is -0.0494. The topological polar surface area (TPSA) is 42.4 Å². The average Bonchev–Trinajstić information content (AvgIpc) is 2.84. The standard InChI is InChI=1S/C15H19ClN2O2/c16-13-4-1-3-12(17-13)11-18-9-8-15(6-2-10-20-15)7-5-14(18)19/h1,3-4H,2,5-11H2. The van der Waals surface area contributed by atoms with Crippen LogP contribution >= 0.6 is 11.6 Å². The summed E-state index contributed by atoms with van der Waals surface area (Å²) < 4.78 is 5.91. The summed E-state index contributed by atoms with van der Waals surface area (Å²) in [6.45, 7) is 2.12. The molecule has 1 unspecified atom stereocenters. The first kappa shape index (κ1) is 13.8. The van der Waals surface area contributed by atoms with Crippen molar-refractivity contribution in [3.8, 4) is 0 Å². The lowest BCUT2D eigenvalue weighted by Gasteiger charge is -2.26. The number of likely N-dealkylation sites (tertiary alicyclic amines) is 1. The van der Waals surface area contributed by atoms with Crippen LogP contribution in [0.3, 0.4) is 0 Å². The van der Waals surface area contributed by atoms with Gasteiger partial charge >= 0.3 is 0 Å². The van der Waals surface area contributed by atoms with Crippen molar-refractivity contribution in [2.24, 2.45) is 0 Å². The van der Waals surface area contributed by atoms with Gasteiger partial charge in [-0.3, -0.25) is 4.79 Å². The largest absolute Gasteiger partial charge is 0.375 e. The molecule has 0 aromatic carbocycles. The summed E-state index contributed by atoms with van der Waals surface area (Å²) in [6, 6.07) is 5.52. The number of amides is 1. The van der Waals surface area contributed by atoms with Crippen molar-refractivity contribution >= 4 is 17.5 Å². The van der Waals surface area contributed by atoms with Gasteiger partial charge in [0, 0.05) is 19.6 Å². The number of hydrogen-bond donors (Lipinski definition) is 0. The number of carbonyl (C=O) groups excluding carboxylic acids is 1. The van der Waals surface area contributed by atoms with E-state index < -0.39 is 0 Å². The highest BCUT2D eigenvalue weighted by Crippen LogP contribution is 2.36. The number of rotatable bonds is 2. The number of aromatic nitrogens is 1. The van der Waals surface area contributed by atoms with E-state index in [9.17, 15) is 4.79 Å². The first-order valence-corrected chi connectivity index (χ1v) is 7.58. The van der Waals surface area contributed by atoms with E-state index in [1.165, 1.54) is 0 Å². The second-order valence-electron chi connectivity index (χ2n) is 5.65. The summed E-state index contributed by atoms with van der Waals surface area (Å²) in [5, 5.41) is 0.473. The van der Waals surface area contributed by atoms with Crippen LogP contribution in [-0.4, -0.2) is 34.5 Å². The zero-order valence-corrected chi connectivity index (χ0v) is 12.2. The number of hydrogen-bond acceptors (Lipinski definition) is 3. The molecule has 0 saturated carbocycles. The van der Waals surface area contributed by atoms with Crippen molar-refractivity contribution in [3.05, 3.63) is 29.0 Å². The number of carbonyl (C=O) groups is 1. The fourth-order valence-electron chi connectivity index (χ4n) is 3.13. The maximum absolute atomic E-state index is 12.3. The Morgan fingerprint density at radius 1 is 1.35 bits per heavy atom. The van der Waals surface area contributed by atoms with Gasteiger partial charge in [0.1, 0.15) is 5.15 Å². The molecule has 3 rings (SSSR count). The van der Waals surface area contributed by atoms with Crippen molar-refractivity contribution in [1.29, 1.82) is 0 Å². The molecule has 4 nitrogen and oxygen atoms in total. The van der Waals surface area contributed by atoms with E-state index >= 15 is 0 Å². The molecule has 2 aliphatic heterocycles. The molecule has 5 heteroatoms. The molecule has 3 heterocycles. The molecule has 1 aromatic heterocycles. The Balaban J connectivity index is 1.69. The van der Waals surface area contributed by atoms with Gasteiger partial charge in [-0.1, -0.05) is 17.7 Å². The smallest absolute Gasteiger partial charge is 0.223 e. The minimum absolute atomic E-state index is 0.0494. The molecule has 0 aliphatic carbocycles.